The first-order valence-electron chi connectivity index (χ1n) is 10.2. The van der Waals surface area contributed by atoms with Gasteiger partial charge in [0.05, 0.1) is 19.8 Å². The van der Waals surface area contributed by atoms with Gasteiger partial charge >= 0.3 is 6.18 Å². The van der Waals surface area contributed by atoms with Crippen LogP contribution in [0.1, 0.15) is 42.7 Å². The van der Waals surface area contributed by atoms with Crippen molar-refractivity contribution in [3.05, 3.63) is 64.9 Å². The van der Waals surface area contributed by atoms with E-state index in [4.69, 9.17) is 9.47 Å². The molecule has 0 saturated carbocycles. The molecular formula is C24H22F3NO4. The van der Waals surface area contributed by atoms with Crippen LogP contribution in [0.5, 0.6) is 11.5 Å². The number of ether oxygens (including phenoxy) is 2. The Bertz CT molecular complexity index is 1090. The molecule has 0 radical (unpaired) electrons. The summed E-state index contributed by atoms with van der Waals surface area (Å²) in [5, 5.41) is 0. The fourth-order valence-electron chi connectivity index (χ4n) is 4.46. The summed E-state index contributed by atoms with van der Waals surface area (Å²) in [7, 11) is 3.04. The van der Waals surface area contributed by atoms with E-state index in [0.29, 0.717) is 53.3 Å². The summed E-state index contributed by atoms with van der Waals surface area (Å²) in [6.45, 7) is 0. The van der Waals surface area contributed by atoms with Gasteiger partial charge in [-0.05, 0) is 43.2 Å². The molecule has 0 N–H and O–H groups in total. The third-order valence-corrected chi connectivity index (χ3v) is 5.94. The minimum absolute atomic E-state index is 0.00822. The number of benzene rings is 2. The molecule has 1 heterocycles. The Kier molecular flexibility index (Phi) is 5.71. The number of carbonyl (C=O) groups is 2. The number of ketones is 1. The highest BCUT2D eigenvalue weighted by atomic mass is 19.4. The number of hydrogen-bond acceptors (Lipinski definition) is 4. The molecule has 4 rings (SSSR count). The largest absolute Gasteiger partial charge is 0.497 e. The summed E-state index contributed by atoms with van der Waals surface area (Å²) < 4.78 is 49.6. The Morgan fingerprint density at radius 3 is 2.31 bits per heavy atom. The second-order valence-corrected chi connectivity index (χ2v) is 7.78. The number of hydrogen-bond donors (Lipinski definition) is 0. The van der Waals surface area contributed by atoms with Crippen molar-refractivity contribution in [3.8, 4) is 11.5 Å². The number of Topliss-reactive ketones (excluding diaryl/α,β-unsaturated/α-hetero) is 1. The average molecular weight is 445 g/mol. The molecule has 1 atom stereocenters. The predicted molar refractivity (Wildman–Crippen MR) is 112 cm³/mol. The van der Waals surface area contributed by atoms with Crippen molar-refractivity contribution in [2.24, 2.45) is 0 Å². The molecule has 32 heavy (non-hydrogen) atoms. The quantitative estimate of drug-likeness (QED) is 0.645. The Labute approximate surface area is 183 Å². The lowest BCUT2D eigenvalue weighted by Gasteiger charge is -2.38. The van der Waals surface area contributed by atoms with Crippen molar-refractivity contribution in [1.82, 2.24) is 0 Å². The lowest BCUT2D eigenvalue weighted by Crippen LogP contribution is -2.40. The number of amides is 1. The Hall–Kier alpha value is -3.29. The van der Waals surface area contributed by atoms with Crippen molar-refractivity contribution < 1.29 is 32.2 Å². The third-order valence-electron chi connectivity index (χ3n) is 5.94. The molecule has 0 fully saturated rings. The number of allylic oxidation sites excluding steroid dienone is 2. The van der Waals surface area contributed by atoms with Crippen LogP contribution in [-0.2, 0) is 15.8 Å². The smallest absolute Gasteiger partial charge is 0.416 e. The molecular weight excluding hydrogens is 423 g/mol. The Morgan fingerprint density at radius 1 is 0.969 bits per heavy atom. The van der Waals surface area contributed by atoms with E-state index >= 15 is 0 Å². The monoisotopic (exact) mass is 445 g/mol. The van der Waals surface area contributed by atoms with Gasteiger partial charge in [0, 0.05) is 47.3 Å². The van der Waals surface area contributed by atoms with Crippen LogP contribution in [0.4, 0.5) is 18.9 Å². The summed E-state index contributed by atoms with van der Waals surface area (Å²) in [4.78, 5) is 27.6. The number of carbonyl (C=O) groups excluding carboxylic acids is 2. The maximum absolute atomic E-state index is 13.2. The van der Waals surface area contributed by atoms with Gasteiger partial charge in [0.15, 0.2) is 5.78 Å². The third kappa shape index (κ3) is 3.85. The molecule has 168 valence electrons. The summed E-state index contributed by atoms with van der Waals surface area (Å²) in [5.74, 6) is 0.273. The van der Waals surface area contributed by atoms with Gasteiger partial charge in [0.1, 0.15) is 11.5 Å². The maximum Gasteiger partial charge on any atom is 0.416 e. The number of nitrogens with zero attached hydrogens (tertiary/aromatic N) is 1. The predicted octanol–water partition coefficient (Wildman–Crippen LogP) is 5.25. The fourth-order valence-corrected chi connectivity index (χ4v) is 4.46. The summed E-state index contributed by atoms with van der Waals surface area (Å²) in [6, 6.07) is 9.69. The van der Waals surface area contributed by atoms with E-state index in [1.807, 2.05) is 0 Å². The van der Waals surface area contributed by atoms with Crippen molar-refractivity contribution >= 4 is 17.4 Å². The normalized spacial score (nSPS) is 19.2. The Balaban J connectivity index is 1.81. The van der Waals surface area contributed by atoms with Crippen LogP contribution in [0.15, 0.2) is 53.7 Å². The average Bonchev–Trinajstić information content (AvgIpc) is 2.77. The number of anilines is 1. The van der Waals surface area contributed by atoms with Crippen molar-refractivity contribution in [2.45, 2.75) is 37.8 Å². The molecule has 2 aromatic rings. The lowest BCUT2D eigenvalue weighted by atomic mass is 9.76. The number of rotatable bonds is 4. The van der Waals surface area contributed by atoms with Gasteiger partial charge in [-0.2, -0.15) is 13.2 Å². The zero-order valence-corrected chi connectivity index (χ0v) is 17.7. The molecule has 0 spiro atoms. The van der Waals surface area contributed by atoms with Gasteiger partial charge in [0.2, 0.25) is 5.91 Å². The van der Waals surface area contributed by atoms with Crippen LogP contribution in [0.3, 0.4) is 0 Å². The molecule has 0 unspecified atom stereocenters. The van der Waals surface area contributed by atoms with Gasteiger partial charge in [-0.15, -0.1) is 0 Å². The maximum atomic E-state index is 13.2. The molecule has 1 amide bonds. The number of alkyl halides is 3. The number of methoxy groups -OCH3 is 2. The van der Waals surface area contributed by atoms with Crippen LogP contribution in [0.2, 0.25) is 0 Å². The molecule has 0 saturated heterocycles. The summed E-state index contributed by atoms with van der Waals surface area (Å²) >= 11 is 0. The first-order chi connectivity index (χ1) is 15.2. The fraction of sp³-hybridized carbons (Fsp3) is 0.333. The van der Waals surface area contributed by atoms with Crippen LogP contribution < -0.4 is 14.4 Å². The molecule has 2 aromatic carbocycles. The first-order valence-corrected chi connectivity index (χ1v) is 10.2. The highest BCUT2D eigenvalue weighted by molar-refractivity contribution is 6.07. The number of halogens is 3. The second-order valence-electron chi connectivity index (χ2n) is 7.78. The van der Waals surface area contributed by atoms with E-state index in [0.717, 1.165) is 12.1 Å². The topological polar surface area (TPSA) is 55.8 Å². The zero-order valence-electron chi connectivity index (χ0n) is 17.7. The molecule has 1 aliphatic heterocycles. The zero-order chi connectivity index (χ0) is 23.0. The van der Waals surface area contributed by atoms with Crippen molar-refractivity contribution in [2.75, 3.05) is 19.1 Å². The molecule has 5 nitrogen and oxygen atoms in total. The van der Waals surface area contributed by atoms with E-state index in [9.17, 15) is 22.8 Å². The van der Waals surface area contributed by atoms with E-state index in [-0.39, 0.29) is 18.1 Å². The van der Waals surface area contributed by atoms with Gasteiger partial charge in [-0.3, -0.25) is 14.5 Å². The van der Waals surface area contributed by atoms with Gasteiger partial charge in [-0.1, -0.05) is 6.07 Å². The standard InChI is InChI=1S/C24H22F3NO4/c1-31-16-10-11-17(21(12-16)32-2)18-13-22(30)28(19-4-3-5-20(29)23(18)19)15-8-6-14(7-9-15)24(25,26)27/h6-12,18H,3-5,13H2,1-2H3/t18-/m0/s1. The van der Waals surface area contributed by atoms with Gasteiger partial charge < -0.3 is 9.47 Å². The van der Waals surface area contributed by atoms with E-state index < -0.39 is 17.7 Å². The van der Waals surface area contributed by atoms with Crippen LogP contribution in [-0.4, -0.2) is 25.9 Å². The van der Waals surface area contributed by atoms with Gasteiger partial charge in [0.25, 0.3) is 0 Å². The van der Waals surface area contributed by atoms with E-state index in [1.54, 1.807) is 18.2 Å². The SMILES string of the molecule is COc1ccc([C@@H]2CC(=O)N(c3ccc(C(F)(F)F)cc3)C3=C2C(=O)CCC3)c(OC)c1. The molecule has 1 aliphatic carbocycles. The molecule has 2 aliphatic rings. The highest BCUT2D eigenvalue weighted by Gasteiger charge is 2.41. The first kappa shape index (κ1) is 21.9. The van der Waals surface area contributed by atoms with E-state index in [2.05, 4.69) is 0 Å². The molecule has 0 bridgehead atoms. The molecule has 8 heteroatoms. The Morgan fingerprint density at radius 2 is 1.69 bits per heavy atom. The van der Waals surface area contributed by atoms with Crippen LogP contribution >= 0.6 is 0 Å². The van der Waals surface area contributed by atoms with Crippen LogP contribution in [0, 0.1) is 0 Å². The van der Waals surface area contributed by atoms with Gasteiger partial charge in [-0.25, -0.2) is 0 Å². The van der Waals surface area contributed by atoms with Crippen molar-refractivity contribution in [1.29, 1.82) is 0 Å². The summed E-state index contributed by atoms with van der Waals surface area (Å²) in [6.07, 6.45) is -3.03. The van der Waals surface area contributed by atoms with Crippen LogP contribution in [0.25, 0.3) is 0 Å². The summed E-state index contributed by atoms with van der Waals surface area (Å²) in [5.41, 5.74) is 1.32. The highest BCUT2D eigenvalue weighted by Crippen LogP contribution is 2.46. The van der Waals surface area contributed by atoms with Crippen molar-refractivity contribution in [3.63, 3.8) is 0 Å². The lowest BCUT2D eigenvalue weighted by molar-refractivity contribution is -0.137. The minimum Gasteiger partial charge on any atom is -0.497 e. The van der Waals surface area contributed by atoms with E-state index in [1.165, 1.54) is 31.3 Å². The molecule has 0 aromatic heterocycles. The minimum atomic E-state index is -4.47. The second kappa shape index (κ2) is 8.33.